The number of ether oxygens (including phenoxy) is 2. The normalized spacial score (nSPS) is 17.1. The Labute approximate surface area is 145 Å². The molecule has 0 unspecified atom stereocenters. The lowest BCUT2D eigenvalue weighted by Crippen LogP contribution is -2.37. The second kappa shape index (κ2) is 6.12. The van der Waals surface area contributed by atoms with E-state index in [9.17, 15) is 4.79 Å². The Hall–Kier alpha value is -3.02. The highest BCUT2D eigenvalue weighted by atomic mass is 16.5. The van der Waals surface area contributed by atoms with Crippen molar-refractivity contribution in [3.63, 3.8) is 0 Å². The van der Waals surface area contributed by atoms with Crippen molar-refractivity contribution in [1.82, 2.24) is 9.88 Å². The minimum Gasteiger partial charge on any atom is -0.497 e. The molecule has 3 aromatic rings. The van der Waals surface area contributed by atoms with Gasteiger partial charge in [-0.15, -0.1) is 0 Å². The van der Waals surface area contributed by atoms with Gasteiger partial charge in [-0.3, -0.25) is 4.79 Å². The quantitative estimate of drug-likeness (QED) is 0.734. The molecular formula is C19H18N2O4. The predicted octanol–water partition coefficient (Wildman–Crippen LogP) is 3.15. The van der Waals surface area contributed by atoms with E-state index in [1.807, 2.05) is 36.4 Å². The predicted molar refractivity (Wildman–Crippen MR) is 91.3 cm³/mol. The molecule has 1 aromatic carbocycles. The number of carbonyl (C=O) groups is 1. The van der Waals surface area contributed by atoms with Crippen molar-refractivity contribution in [1.29, 1.82) is 0 Å². The molecule has 0 spiro atoms. The molecule has 1 atom stereocenters. The van der Waals surface area contributed by atoms with Gasteiger partial charge in [0.05, 0.1) is 32.0 Å². The molecule has 1 aliphatic rings. The van der Waals surface area contributed by atoms with Crippen molar-refractivity contribution in [2.24, 2.45) is 0 Å². The van der Waals surface area contributed by atoms with Gasteiger partial charge in [0.1, 0.15) is 11.5 Å². The highest BCUT2D eigenvalue weighted by Crippen LogP contribution is 2.30. The van der Waals surface area contributed by atoms with E-state index in [4.69, 9.17) is 13.9 Å². The number of hydrogen-bond acceptors (Lipinski definition) is 5. The van der Waals surface area contributed by atoms with Gasteiger partial charge in [-0.1, -0.05) is 0 Å². The fourth-order valence-corrected chi connectivity index (χ4v) is 3.01. The summed E-state index contributed by atoms with van der Waals surface area (Å²) in [4.78, 5) is 19.0. The van der Waals surface area contributed by atoms with Crippen LogP contribution in [0.3, 0.4) is 0 Å². The number of furan rings is 1. The fraction of sp³-hybridized carbons (Fsp3) is 0.263. The summed E-state index contributed by atoms with van der Waals surface area (Å²) < 4.78 is 16.5. The highest BCUT2D eigenvalue weighted by molar-refractivity contribution is 5.84. The number of nitrogens with zero attached hydrogens (tertiary/aromatic N) is 2. The van der Waals surface area contributed by atoms with Crippen LogP contribution in [0, 0.1) is 0 Å². The molecule has 0 saturated carbocycles. The van der Waals surface area contributed by atoms with Crippen LogP contribution in [0.5, 0.6) is 11.6 Å². The second-order valence-electron chi connectivity index (χ2n) is 6.05. The number of aromatic nitrogens is 1. The fourth-order valence-electron chi connectivity index (χ4n) is 3.01. The lowest BCUT2D eigenvalue weighted by molar-refractivity contribution is -0.138. The van der Waals surface area contributed by atoms with Crippen LogP contribution in [0.2, 0.25) is 0 Å². The zero-order valence-corrected chi connectivity index (χ0v) is 14.1. The lowest BCUT2D eigenvalue weighted by atomic mass is 10.1. The molecule has 3 heterocycles. The van der Waals surface area contributed by atoms with Gasteiger partial charge >= 0.3 is 0 Å². The molecule has 1 amide bonds. The Morgan fingerprint density at radius 2 is 2.20 bits per heavy atom. The van der Waals surface area contributed by atoms with Crippen LogP contribution in [0.15, 0.2) is 47.1 Å². The molecule has 0 aliphatic carbocycles. The number of carbonyl (C=O) groups excluding carboxylic acids is 1. The molecule has 2 aromatic heterocycles. The van der Waals surface area contributed by atoms with E-state index in [0.717, 1.165) is 28.0 Å². The number of rotatable bonds is 3. The summed E-state index contributed by atoms with van der Waals surface area (Å²) >= 11 is 0. The molecule has 128 valence electrons. The molecule has 0 fully saturated rings. The Kier molecular flexibility index (Phi) is 3.80. The highest BCUT2D eigenvalue weighted by Gasteiger charge is 2.29. The van der Waals surface area contributed by atoms with Gasteiger partial charge < -0.3 is 18.8 Å². The minimum atomic E-state index is -0.598. The maximum absolute atomic E-state index is 12.6. The van der Waals surface area contributed by atoms with Gasteiger partial charge in [-0.05, 0) is 43.3 Å². The Bertz CT molecular complexity index is 921. The van der Waals surface area contributed by atoms with E-state index in [0.29, 0.717) is 19.0 Å². The van der Waals surface area contributed by atoms with Crippen molar-refractivity contribution in [2.45, 2.75) is 26.1 Å². The molecule has 6 nitrogen and oxygen atoms in total. The van der Waals surface area contributed by atoms with Crippen LogP contribution in [-0.2, 0) is 17.9 Å². The van der Waals surface area contributed by atoms with Crippen molar-refractivity contribution < 1.29 is 18.7 Å². The molecule has 6 heteroatoms. The summed E-state index contributed by atoms with van der Waals surface area (Å²) in [5.41, 5.74) is 1.67. The summed E-state index contributed by atoms with van der Waals surface area (Å²) in [6.07, 6.45) is 1.01. The van der Waals surface area contributed by atoms with Gasteiger partial charge in [0, 0.05) is 10.9 Å². The first kappa shape index (κ1) is 15.5. The second-order valence-corrected chi connectivity index (χ2v) is 6.05. The van der Waals surface area contributed by atoms with E-state index in [-0.39, 0.29) is 5.91 Å². The molecule has 0 radical (unpaired) electrons. The SMILES string of the molecule is COc1ccc2nc3c(cc2c1)CN(Cc1ccco1)C(=O)[C@@H](C)O3. The molecule has 0 N–H and O–H groups in total. The number of benzene rings is 1. The largest absolute Gasteiger partial charge is 0.497 e. The first-order valence-electron chi connectivity index (χ1n) is 8.09. The maximum Gasteiger partial charge on any atom is 0.264 e. The molecule has 25 heavy (non-hydrogen) atoms. The average molecular weight is 338 g/mol. The molecule has 0 saturated heterocycles. The Morgan fingerprint density at radius 3 is 2.96 bits per heavy atom. The van der Waals surface area contributed by atoms with Crippen LogP contribution in [0.4, 0.5) is 0 Å². The van der Waals surface area contributed by atoms with Crippen molar-refractivity contribution >= 4 is 16.8 Å². The number of hydrogen-bond donors (Lipinski definition) is 0. The smallest absolute Gasteiger partial charge is 0.264 e. The number of pyridine rings is 1. The lowest BCUT2D eigenvalue weighted by Gasteiger charge is -2.20. The van der Waals surface area contributed by atoms with E-state index in [1.165, 1.54) is 0 Å². The summed E-state index contributed by atoms with van der Waals surface area (Å²) in [5, 5.41) is 0.946. The van der Waals surface area contributed by atoms with Gasteiger partial charge in [0.2, 0.25) is 5.88 Å². The van der Waals surface area contributed by atoms with E-state index in [1.54, 1.807) is 25.2 Å². The van der Waals surface area contributed by atoms with Crippen LogP contribution in [-0.4, -0.2) is 29.0 Å². The average Bonchev–Trinajstić information content (AvgIpc) is 3.09. The third kappa shape index (κ3) is 2.91. The summed E-state index contributed by atoms with van der Waals surface area (Å²) in [5.74, 6) is 1.91. The summed E-state index contributed by atoms with van der Waals surface area (Å²) in [7, 11) is 1.63. The molecule has 0 bridgehead atoms. The molecular weight excluding hydrogens is 320 g/mol. The van der Waals surface area contributed by atoms with Crippen molar-refractivity contribution in [3.05, 3.63) is 54.0 Å². The summed E-state index contributed by atoms with van der Waals surface area (Å²) in [6.45, 7) is 2.56. The molecule has 1 aliphatic heterocycles. The van der Waals surface area contributed by atoms with Gasteiger partial charge in [0.25, 0.3) is 5.91 Å². The van der Waals surface area contributed by atoms with Gasteiger partial charge in [0.15, 0.2) is 6.10 Å². The van der Waals surface area contributed by atoms with Gasteiger partial charge in [-0.2, -0.15) is 0 Å². The van der Waals surface area contributed by atoms with Crippen LogP contribution in [0.25, 0.3) is 10.9 Å². The maximum atomic E-state index is 12.6. The van der Waals surface area contributed by atoms with Crippen molar-refractivity contribution in [2.75, 3.05) is 7.11 Å². The van der Waals surface area contributed by atoms with Crippen LogP contribution < -0.4 is 9.47 Å². The van der Waals surface area contributed by atoms with Gasteiger partial charge in [-0.25, -0.2) is 4.98 Å². The first-order chi connectivity index (χ1) is 12.1. The molecule has 4 rings (SSSR count). The van der Waals surface area contributed by atoms with E-state index >= 15 is 0 Å². The van der Waals surface area contributed by atoms with Crippen LogP contribution in [0.1, 0.15) is 18.2 Å². The van der Waals surface area contributed by atoms with Crippen LogP contribution >= 0.6 is 0 Å². The number of fused-ring (bicyclic) bond motifs is 2. The Morgan fingerprint density at radius 1 is 1.32 bits per heavy atom. The first-order valence-corrected chi connectivity index (χ1v) is 8.09. The zero-order chi connectivity index (χ0) is 17.4. The third-order valence-corrected chi connectivity index (χ3v) is 4.30. The minimum absolute atomic E-state index is 0.0870. The van der Waals surface area contributed by atoms with E-state index in [2.05, 4.69) is 4.98 Å². The topological polar surface area (TPSA) is 64.8 Å². The monoisotopic (exact) mass is 338 g/mol. The summed E-state index contributed by atoms with van der Waals surface area (Å²) in [6, 6.07) is 11.3. The Balaban J connectivity index is 1.74. The van der Waals surface area contributed by atoms with E-state index < -0.39 is 6.10 Å². The van der Waals surface area contributed by atoms with Crippen molar-refractivity contribution in [3.8, 4) is 11.6 Å². The number of methoxy groups -OCH3 is 1. The third-order valence-electron chi connectivity index (χ3n) is 4.30. The number of amides is 1. The zero-order valence-electron chi connectivity index (χ0n) is 14.1. The standard InChI is InChI=1S/C19H18N2O4/c1-12-19(22)21(11-16-4-3-7-24-16)10-14-8-13-9-15(23-2)5-6-17(13)20-18(14)25-12/h3-9,12H,10-11H2,1-2H3/t12-/m1/s1.